The van der Waals surface area contributed by atoms with Crippen molar-refractivity contribution in [3.8, 4) is 0 Å². The van der Waals surface area contributed by atoms with Crippen molar-refractivity contribution < 1.29 is 0 Å². The first-order valence-electron chi connectivity index (χ1n) is 9.57. The third kappa shape index (κ3) is 2.92. The summed E-state index contributed by atoms with van der Waals surface area (Å²) in [5.41, 5.74) is 6.10. The zero-order valence-electron chi connectivity index (χ0n) is 16.0. The van der Waals surface area contributed by atoms with Crippen molar-refractivity contribution in [3.63, 3.8) is 0 Å². The predicted molar refractivity (Wildman–Crippen MR) is 116 cm³/mol. The average molecular weight is 388 g/mol. The molecular formula is C24H22ClN3. The van der Waals surface area contributed by atoms with Crippen molar-refractivity contribution in [2.75, 3.05) is 19.0 Å². The Labute approximate surface area is 170 Å². The Kier molecular flexibility index (Phi) is 4.22. The van der Waals surface area contributed by atoms with Gasteiger partial charge in [-0.2, -0.15) is 0 Å². The van der Waals surface area contributed by atoms with Gasteiger partial charge in [-0.15, -0.1) is 0 Å². The highest BCUT2D eigenvalue weighted by atomic mass is 35.5. The fourth-order valence-electron chi connectivity index (χ4n) is 4.18. The third-order valence-corrected chi connectivity index (χ3v) is 5.92. The maximum atomic E-state index is 6.10. The van der Waals surface area contributed by atoms with Crippen LogP contribution in [-0.2, 0) is 0 Å². The van der Waals surface area contributed by atoms with Crippen molar-refractivity contribution in [1.29, 1.82) is 0 Å². The van der Waals surface area contributed by atoms with E-state index in [2.05, 4.69) is 90.6 Å². The van der Waals surface area contributed by atoms with Crippen LogP contribution in [0.4, 0.5) is 5.69 Å². The quantitative estimate of drug-likeness (QED) is 0.563. The summed E-state index contributed by atoms with van der Waals surface area (Å²) < 4.78 is 0. The minimum atomic E-state index is 0.0529. The van der Waals surface area contributed by atoms with Gasteiger partial charge in [0.05, 0.1) is 17.8 Å². The van der Waals surface area contributed by atoms with Crippen LogP contribution in [0.3, 0.4) is 0 Å². The van der Waals surface area contributed by atoms with Crippen LogP contribution in [0.15, 0.2) is 83.9 Å². The van der Waals surface area contributed by atoms with Gasteiger partial charge in [0, 0.05) is 24.8 Å². The SMILES string of the molecule is CN(C)c1ccc(C2N=C(c3ccc(Cl)cc3)C3C(c4ccccc4)N23)cc1. The lowest BCUT2D eigenvalue weighted by molar-refractivity contribution is 0.404. The molecule has 0 N–H and O–H groups in total. The monoisotopic (exact) mass is 387 g/mol. The largest absolute Gasteiger partial charge is 0.378 e. The predicted octanol–water partition coefficient (Wildman–Crippen LogP) is 5.33. The summed E-state index contributed by atoms with van der Waals surface area (Å²) in [5, 5.41) is 0.755. The summed E-state index contributed by atoms with van der Waals surface area (Å²) in [6, 6.07) is 28.2. The highest BCUT2D eigenvalue weighted by Gasteiger charge is 2.59. The number of halogens is 1. The average Bonchev–Trinajstić information content (AvgIpc) is 3.34. The van der Waals surface area contributed by atoms with Gasteiger partial charge < -0.3 is 4.90 Å². The van der Waals surface area contributed by atoms with Crippen LogP contribution in [-0.4, -0.2) is 30.7 Å². The topological polar surface area (TPSA) is 18.6 Å². The molecule has 2 aliphatic heterocycles. The van der Waals surface area contributed by atoms with E-state index in [4.69, 9.17) is 16.6 Å². The molecule has 0 aromatic heterocycles. The van der Waals surface area contributed by atoms with E-state index in [9.17, 15) is 0 Å². The molecule has 1 saturated heterocycles. The van der Waals surface area contributed by atoms with Crippen molar-refractivity contribution in [2.45, 2.75) is 18.2 Å². The highest BCUT2D eigenvalue weighted by molar-refractivity contribution is 6.30. The fourth-order valence-corrected chi connectivity index (χ4v) is 4.31. The lowest BCUT2D eigenvalue weighted by Crippen LogP contribution is -2.10. The number of hydrogen-bond donors (Lipinski definition) is 0. The van der Waals surface area contributed by atoms with Crippen LogP contribution in [0.25, 0.3) is 0 Å². The molecule has 0 saturated carbocycles. The number of anilines is 1. The fraction of sp³-hybridized carbons (Fsp3) is 0.208. The molecule has 28 heavy (non-hydrogen) atoms. The van der Waals surface area contributed by atoms with Gasteiger partial charge in [0.2, 0.25) is 0 Å². The normalized spacial score (nSPS) is 25.2. The molecule has 2 aliphatic rings. The molecule has 0 spiro atoms. The molecular weight excluding hydrogens is 366 g/mol. The van der Waals surface area contributed by atoms with Crippen molar-refractivity contribution in [2.24, 2.45) is 4.99 Å². The number of benzene rings is 3. The molecule has 4 atom stereocenters. The van der Waals surface area contributed by atoms with Gasteiger partial charge in [-0.05, 0) is 41.0 Å². The Bertz CT molecular complexity index is 1010. The molecule has 0 aliphatic carbocycles. The third-order valence-electron chi connectivity index (χ3n) is 5.66. The summed E-state index contributed by atoms with van der Waals surface area (Å²) in [6.07, 6.45) is 0.0529. The lowest BCUT2D eigenvalue weighted by atomic mass is 10.0. The van der Waals surface area contributed by atoms with Gasteiger partial charge >= 0.3 is 0 Å². The second-order valence-corrected chi connectivity index (χ2v) is 8.06. The van der Waals surface area contributed by atoms with Crippen LogP contribution in [0, 0.1) is 0 Å². The Balaban J connectivity index is 1.53. The molecule has 3 aromatic carbocycles. The standard InChI is InChI=1S/C24H22ClN3/c1-27(2)20-14-10-18(11-15-20)24-26-21(16-8-12-19(25)13-9-16)23-22(28(23)24)17-6-4-3-5-7-17/h3-15,22-24H,1-2H3. The molecule has 1 fully saturated rings. The first-order chi connectivity index (χ1) is 13.6. The summed E-state index contributed by atoms with van der Waals surface area (Å²) >= 11 is 6.10. The lowest BCUT2D eigenvalue weighted by Gasteiger charge is -2.17. The van der Waals surface area contributed by atoms with E-state index in [1.807, 2.05) is 12.1 Å². The van der Waals surface area contributed by atoms with Crippen LogP contribution in [0.1, 0.15) is 28.9 Å². The van der Waals surface area contributed by atoms with Crippen LogP contribution >= 0.6 is 11.6 Å². The minimum absolute atomic E-state index is 0.0529. The van der Waals surface area contributed by atoms with E-state index in [0.29, 0.717) is 12.1 Å². The second-order valence-electron chi connectivity index (χ2n) is 7.63. The van der Waals surface area contributed by atoms with E-state index >= 15 is 0 Å². The van der Waals surface area contributed by atoms with Crippen LogP contribution < -0.4 is 4.90 Å². The summed E-state index contributed by atoms with van der Waals surface area (Å²) in [6.45, 7) is 0. The molecule has 0 bridgehead atoms. The maximum Gasteiger partial charge on any atom is 0.129 e. The Hall–Kier alpha value is -2.62. The zero-order valence-corrected chi connectivity index (χ0v) is 16.7. The second kappa shape index (κ2) is 6.77. The van der Waals surface area contributed by atoms with Gasteiger partial charge in [-0.3, -0.25) is 9.89 Å². The van der Waals surface area contributed by atoms with Crippen molar-refractivity contribution in [1.82, 2.24) is 4.90 Å². The highest BCUT2D eigenvalue weighted by Crippen LogP contribution is 2.55. The van der Waals surface area contributed by atoms with E-state index < -0.39 is 0 Å². The Morgan fingerprint density at radius 1 is 0.786 bits per heavy atom. The Morgan fingerprint density at radius 2 is 1.46 bits per heavy atom. The molecule has 3 aromatic rings. The molecule has 0 amide bonds. The molecule has 0 radical (unpaired) electrons. The van der Waals surface area contributed by atoms with E-state index in [1.54, 1.807) is 0 Å². The van der Waals surface area contributed by atoms with Gasteiger partial charge in [0.25, 0.3) is 0 Å². The summed E-state index contributed by atoms with van der Waals surface area (Å²) in [4.78, 5) is 9.75. The first-order valence-corrected chi connectivity index (χ1v) is 9.94. The Morgan fingerprint density at radius 3 is 2.11 bits per heavy atom. The summed E-state index contributed by atoms with van der Waals surface area (Å²) in [5.74, 6) is 0. The number of fused-ring (bicyclic) bond motifs is 1. The molecule has 3 nitrogen and oxygen atoms in total. The van der Waals surface area contributed by atoms with Crippen molar-refractivity contribution >= 4 is 23.0 Å². The number of nitrogens with zero attached hydrogens (tertiary/aromatic N) is 3. The van der Waals surface area contributed by atoms with Crippen LogP contribution in [0.5, 0.6) is 0 Å². The first kappa shape index (κ1) is 17.5. The number of hydrogen-bond acceptors (Lipinski definition) is 3. The maximum absolute atomic E-state index is 6.10. The van der Waals surface area contributed by atoms with E-state index in [1.165, 1.54) is 16.8 Å². The van der Waals surface area contributed by atoms with Crippen molar-refractivity contribution in [3.05, 3.63) is 101 Å². The van der Waals surface area contributed by atoms with Gasteiger partial charge in [0.1, 0.15) is 6.17 Å². The molecule has 2 heterocycles. The molecule has 4 unspecified atom stereocenters. The zero-order chi connectivity index (χ0) is 19.3. The van der Waals surface area contributed by atoms with E-state index in [0.717, 1.165) is 16.3 Å². The molecule has 5 rings (SSSR count). The van der Waals surface area contributed by atoms with E-state index in [-0.39, 0.29) is 6.17 Å². The smallest absolute Gasteiger partial charge is 0.129 e. The van der Waals surface area contributed by atoms with Gasteiger partial charge in [-0.1, -0.05) is 66.2 Å². The minimum Gasteiger partial charge on any atom is -0.378 e. The van der Waals surface area contributed by atoms with Crippen LogP contribution in [0.2, 0.25) is 5.02 Å². The molecule has 140 valence electrons. The van der Waals surface area contributed by atoms with Gasteiger partial charge in [-0.25, -0.2) is 0 Å². The molecule has 4 heteroatoms. The number of rotatable bonds is 4. The summed E-state index contributed by atoms with van der Waals surface area (Å²) in [7, 11) is 4.13. The number of aliphatic imine (C=N–C) groups is 1. The van der Waals surface area contributed by atoms with Gasteiger partial charge in [0.15, 0.2) is 0 Å².